The fourth-order valence-corrected chi connectivity index (χ4v) is 5.42. The molecule has 132 valence electrons. The predicted octanol–water partition coefficient (Wildman–Crippen LogP) is 2.63. The van der Waals surface area contributed by atoms with Crippen LogP contribution in [-0.4, -0.2) is 35.3 Å². The smallest absolute Gasteiger partial charge is 0.334 e. The molecule has 2 saturated carbocycles. The zero-order valence-electron chi connectivity index (χ0n) is 14.8. The van der Waals surface area contributed by atoms with Crippen LogP contribution in [0.1, 0.15) is 47.0 Å². The van der Waals surface area contributed by atoms with Gasteiger partial charge in [0.15, 0.2) is 0 Å². The second kappa shape index (κ2) is 4.84. The summed E-state index contributed by atoms with van der Waals surface area (Å²) in [6, 6.07) is 0. The average molecular weight is 334 g/mol. The summed E-state index contributed by atoms with van der Waals surface area (Å²) in [6.07, 6.45) is 2.02. The molecule has 2 aliphatic carbocycles. The quantitative estimate of drug-likeness (QED) is 0.441. The first-order valence-electron chi connectivity index (χ1n) is 8.99. The van der Waals surface area contributed by atoms with Crippen LogP contribution in [0.25, 0.3) is 0 Å². The Balaban J connectivity index is 1.64. The van der Waals surface area contributed by atoms with Gasteiger partial charge in [0.2, 0.25) is 0 Å². The van der Waals surface area contributed by atoms with E-state index in [1.54, 1.807) is 0 Å². The van der Waals surface area contributed by atoms with Gasteiger partial charge in [-0.05, 0) is 25.7 Å². The Morgan fingerprint density at radius 3 is 2.75 bits per heavy atom. The summed E-state index contributed by atoms with van der Waals surface area (Å²) in [6.45, 7) is 11.9. The minimum absolute atomic E-state index is 0.0197. The Labute approximate surface area is 142 Å². The highest BCUT2D eigenvalue weighted by Crippen LogP contribution is 2.69. The Bertz CT molecular complexity index is 625. The summed E-state index contributed by atoms with van der Waals surface area (Å²) in [4.78, 5) is 24.0. The molecule has 0 radical (unpaired) electrons. The average Bonchev–Trinajstić information content (AvgIpc) is 2.91. The lowest BCUT2D eigenvalue weighted by Crippen LogP contribution is -2.37. The van der Waals surface area contributed by atoms with Gasteiger partial charge in [-0.2, -0.15) is 0 Å². The molecular weight excluding hydrogens is 308 g/mol. The van der Waals surface area contributed by atoms with Crippen LogP contribution in [0.5, 0.6) is 0 Å². The summed E-state index contributed by atoms with van der Waals surface area (Å²) in [5, 5.41) is 0. The standard InChI is InChI=1S/C19H26O5/c1-9(2)16(20)23-14-8-18(5)19(24-18)7-12-11(4)17(21)22-13(12)6-10(3)15(14)19/h9-10,12-15H,4,6-8H2,1-3,5H3/t10-,12-,13-,14+,15-,18-,19+/m1/s1. The lowest BCUT2D eigenvalue weighted by atomic mass is 9.78. The van der Waals surface area contributed by atoms with Gasteiger partial charge in [0.05, 0.1) is 11.5 Å². The molecular formula is C19H26O5. The largest absolute Gasteiger partial charge is 0.462 e. The van der Waals surface area contributed by atoms with E-state index in [9.17, 15) is 9.59 Å². The highest BCUT2D eigenvalue weighted by atomic mass is 16.6. The molecule has 5 nitrogen and oxygen atoms in total. The molecule has 5 heteroatoms. The van der Waals surface area contributed by atoms with Gasteiger partial charge < -0.3 is 14.2 Å². The molecule has 0 amide bonds. The van der Waals surface area contributed by atoms with Crippen molar-refractivity contribution in [2.45, 2.75) is 70.4 Å². The Hall–Kier alpha value is -1.36. The monoisotopic (exact) mass is 334 g/mol. The molecule has 0 bridgehead atoms. The second-order valence-corrected chi connectivity index (χ2v) is 8.57. The highest BCUT2D eigenvalue weighted by molar-refractivity contribution is 5.90. The molecule has 2 saturated heterocycles. The number of hydrogen-bond donors (Lipinski definition) is 0. The van der Waals surface area contributed by atoms with Crippen LogP contribution in [0.4, 0.5) is 0 Å². The summed E-state index contributed by atoms with van der Waals surface area (Å²) in [7, 11) is 0. The van der Waals surface area contributed by atoms with Crippen LogP contribution in [0.2, 0.25) is 0 Å². The zero-order chi connectivity index (χ0) is 17.4. The number of rotatable bonds is 2. The molecule has 0 aromatic carbocycles. The third-order valence-electron chi connectivity index (χ3n) is 6.69. The first-order valence-corrected chi connectivity index (χ1v) is 8.99. The fraction of sp³-hybridized carbons (Fsp3) is 0.789. The van der Waals surface area contributed by atoms with E-state index in [4.69, 9.17) is 14.2 Å². The number of ether oxygens (including phenoxy) is 3. The molecule has 0 aromatic heterocycles. The van der Waals surface area contributed by atoms with E-state index in [2.05, 4.69) is 20.4 Å². The number of esters is 2. The molecule has 4 rings (SSSR count). The number of epoxide rings is 1. The Morgan fingerprint density at radius 2 is 2.08 bits per heavy atom. The van der Waals surface area contributed by atoms with Crippen molar-refractivity contribution in [1.82, 2.24) is 0 Å². The fourth-order valence-electron chi connectivity index (χ4n) is 5.42. The molecule has 0 aromatic rings. The molecule has 2 heterocycles. The van der Waals surface area contributed by atoms with Gasteiger partial charge in [-0.1, -0.05) is 27.4 Å². The minimum atomic E-state index is -0.315. The van der Waals surface area contributed by atoms with Crippen LogP contribution in [-0.2, 0) is 23.8 Å². The van der Waals surface area contributed by atoms with Gasteiger partial charge in [0, 0.05) is 23.8 Å². The minimum Gasteiger partial charge on any atom is -0.462 e. The van der Waals surface area contributed by atoms with Gasteiger partial charge in [0.1, 0.15) is 17.8 Å². The molecule has 4 fully saturated rings. The number of fused-ring (bicyclic) bond motifs is 1. The predicted molar refractivity (Wildman–Crippen MR) is 86.0 cm³/mol. The van der Waals surface area contributed by atoms with Crippen LogP contribution >= 0.6 is 0 Å². The van der Waals surface area contributed by atoms with E-state index in [1.807, 2.05) is 13.8 Å². The summed E-state index contributed by atoms with van der Waals surface area (Å²) < 4.78 is 17.6. The van der Waals surface area contributed by atoms with Gasteiger partial charge in [-0.15, -0.1) is 0 Å². The summed E-state index contributed by atoms with van der Waals surface area (Å²) >= 11 is 0. The zero-order valence-corrected chi connectivity index (χ0v) is 14.8. The van der Waals surface area contributed by atoms with Crippen LogP contribution < -0.4 is 0 Å². The van der Waals surface area contributed by atoms with Crippen molar-refractivity contribution in [3.05, 3.63) is 12.2 Å². The lowest BCUT2D eigenvalue weighted by Gasteiger charge is -2.31. The summed E-state index contributed by atoms with van der Waals surface area (Å²) in [5.74, 6) is -0.114. The van der Waals surface area contributed by atoms with Gasteiger partial charge in [0.25, 0.3) is 0 Å². The van der Waals surface area contributed by atoms with Crippen molar-refractivity contribution in [3.8, 4) is 0 Å². The maximum atomic E-state index is 12.1. The molecule has 0 unspecified atom stereocenters. The van der Waals surface area contributed by atoms with Crippen molar-refractivity contribution in [1.29, 1.82) is 0 Å². The highest BCUT2D eigenvalue weighted by Gasteiger charge is 2.79. The van der Waals surface area contributed by atoms with E-state index in [0.717, 1.165) is 19.3 Å². The molecule has 1 spiro atoms. The molecule has 4 aliphatic rings. The number of carbonyl (C=O) groups is 2. The maximum Gasteiger partial charge on any atom is 0.334 e. The number of hydrogen-bond acceptors (Lipinski definition) is 5. The maximum absolute atomic E-state index is 12.1. The van der Waals surface area contributed by atoms with Gasteiger partial charge in [-0.3, -0.25) is 4.79 Å². The van der Waals surface area contributed by atoms with E-state index in [0.29, 0.717) is 5.57 Å². The number of carbonyl (C=O) groups excluding carboxylic acids is 2. The van der Waals surface area contributed by atoms with Crippen LogP contribution in [0.15, 0.2) is 12.2 Å². The normalized spacial score (nSPS) is 49.1. The van der Waals surface area contributed by atoms with Crippen LogP contribution in [0.3, 0.4) is 0 Å². The van der Waals surface area contributed by atoms with Gasteiger partial charge in [-0.25, -0.2) is 4.79 Å². The van der Waals surface area contributed by atoms with E-state index in [-0.39, 0.29) is 59.0 Å². The van der Waals surface area contributed by atoms with Crippen molar-refractivity contribution >= 4 is 11.9 Å². The van der Waals surface area contributed by atoms with Crippen molar-refractivity contribution in [3.63, 3.8) is 0 Å². The third-order valence-corrected chi connectivity index (χ3v) is 6.69. The Morgan fingerprint density at radius 1 is 1.38 bits per heavy atom. The molecule has 0 N–H and O–H groups in total. The topological polar surface area (TPSA) is 65.1 Å². The molecule has 24 heavy (non-hydrogen) atoms. The lowest BCUT2D eigenvalue weighted by molar-refractivity contribution is -0.159. The van der Waals surface area contributed by atoms with Crippen molar-refractivity contribution in [2.75, 3.05) is 0 Å². The first kappa shape index (κ1) is 16.1. The van der Waals surface area contributed by atoms with Gasteiger partial charge >= 0.3 is 11.9 Å². The summed E-state index contributed by atoms with van der Waals surface area (Å²) in [5.41, 5.74) is -0.0120. The van der Waals surface area contributed by atoms with E-state index < -0.39 is 0 Å². The Kier molecular flexibility index (Phi) is 3.25. The van der Waals surface area contributed by atoms with Crippen molar-refractivity contribution < 1.29 is 23.8 Å². The molecule has 7 atom stereocenters. The van der Waals surface area contributed by atoms with E-state index >= 15 is 0 Å². The van der Waals surface area contributed by atoms with Crippen molar-refractivity contribution in [2.24, 2.45) is 23.7 Å². The molecule has 2 aliphatic heterocycles. The first-order chi connectivity index (χ1) is 11.2. The SMILES string of the molecule is C=C1C(=O)O[C@@H]2C[C@@H](C)[C@@H]3[C@@H](OC(=O)C(C)C)C[C@@]4(C)O[C@@]34C[C@H]12. The van der Waals surface area contributed by atoms with Crippen LogP contribution in [0, 0.1) is 23.7 Å². The third kappa shape index (κ3) is 1.97. The second-order valence-electron chi connectivity index (χ2n) is 8.57. The van der Waals surface area contributed by atoms with E-state index in [1.165, 1.54) is 0 Å².